The van der Waals surface area contributed by atoms with Crippen molar-refractivity contribution in [2.75, 3.05) is 27.3 Å². The zero-order valence-electron chi connectivity index (χ0n) is 16.0. The molecule has 0 bridgehead atoms. The normalized spacial score (nSPS) is 24.7. The molecule has 1 saturated heterocycles. The number of likely N-dealkylation sites (N-methyl/N-ethyl adjacent to an activating group) is 1. The summed E-state index contributed by atoms with van der Waals surface area (Å²) in [5.74, 6) is -11.8. The Morgan fingerprint density at radius 3 is 2.62 bits per heavy atom. The number of amides is 1. The molecule has 6 nitrogen and oxygen atoms in total. The van der Waals surface area contributed by atoms with E-state index in [0.717, 1.165) is 19.0 Å². The highest BCUT2D eigenvalue weighted by molar-refractivity contribution is 5.82. The third-order valence-corrected chi connectivity index (χ3v) is 5.24. The van der Waals surface area contributed by atoms with Gasteiger partial charge in [-0.3, -0.25) is 4.79 Å². The molecule has 162 valence electrons. The minimum atomic E-state index is -4.20. The molecule has 2 atom stereocenters. The van der Waals surface area contributed by atoms with Crippen molar-refractivity contribution in [1.82, 2.24) is 15.2 Å². The Labute approximate surface area is 164 Å². The van der Waals surface area contributed by atoms with E-state index in [1.807, 2.05) is 0 Å². The first-order chi connectivity index (χ1) is 13.6. The second-order valence-corrected chi connectivity index (χ2v) is 7.33. The van der Waals surface area contributed by atoms with Crippen LogP contribution in [0, 0.1) is 11.7 Å². The van der Waals surface area contributed by atoms with E-state index in [-0.39, 0.29) is 29.9 Å². The number of aromatic nitrogens is 1. The molecule has 1 aliphatic heterocycles. The molecule has 1 unspecified atom stereocenters. The molecule has 0 aromatic carbocycles. The number of rotatable bonds is 7. The first-order valence-corrected chi connectivity index (χ1v) is 9.17. The summed E-state index contributed by atoms with van der Waals surface area (Å²) in [6, 6.07) is 0.731. The van der Waals surface area contributed by atoms with Crippen LogP contribution in [0.3, 0.4) is 0 Å². The number of nitrogens with zero attached hydrogens (tertiary/aromatic N) is 2. The molecule has 11 heteroatoms. The summed E-state index contributed by atoms with van der Waals surface area (Å²) in [7, 11) is 2.83. The van der Waals surface area contributed by atoms with E-state index in [1.165, 1.54) is 12.0 Å². The van der Waals surface area contributed by atoms with E-state index in [9.17, 15) is 26.7 Å². The smallest absolute Gasteiger partial charge is 0.316 e. The lowest BCUT2D eigenvalue weighted by Gasteiger charge is -2.43. The molecule has 1 amide bonds. The monoisotopic (exact) mass is 423 g/mol. The molecular formula is C18H22F5N3O3. The van der Waals surface area contributed by atoms with Crippen LogP contribution in [0.15, 0.2) is 6.07 Å². The van der Waals surface area contributed by atoms with Crippen molar-refractivity contribution < 1.29 is 36.2 Å². The predicted octanol–water partition coefficient (Wildman–Crippen LogP) is 2.61. The van der Waals surface area contributed by atoms with E-state index in [1.54, 1.807) is 7.05 Å². The maximum absolute atomic E-state index is 14.3. The summed E-state index contributed by atoms with van der Waals surface area (Å²) in [5.41, 5.74) is 0.256. The number of pyridine rings is 1. The van der Waals surface area contributed by atoms with Crippen molar-refractivity contribution in [2.45, 2.75) is 43.7 Å². The van der Waals surface area contributed by atoms with E-state index in [2.05, 4.69) is 10.3 Å². The highest BCUT2D eigenvalue weighted by atomic mass is 19.3. The van der Waals surface area contributed by atoms with Crippen molar-refractivity contribution in [3.8, 4) is 11.8 Å². The van der Waals surface area contributed by atoms with Gasteiger partial charge in [0.25, 0.3) is 5.88 Å². The summed E-state index contributed by atoms with van der Waals surface area (Å²) in [6.07, 6.45) is 0.561. The maximum Gasteiger partial charge on any atom is 0.316 e. The van der Waals surface area contributed by atoms with Crippen molar-refractivity contribution >= 4 is 5.91 Å². The van der Waals surface area contributed by atoms with Gasteiger partial charge in [-0.1, -0.05) is 0 Å². The van der Waals surface area contributed by atoms with Gasteiger partial charge in [-0.2, -0.15) is 22.5 Å². The van der Waals surface area contributed by atoms with E-state index in [0.29, 0.717) is 6.42 Å². The molecule has 1 aromatic heterocycles. The lowest BCUT2D eigenvalue weighted by atomic mass is 9.77. The molecule has 2 aliphatic rings. The number of carbonyl (C=O) groups excluding carboxylic acids is 1. The van der Waals surface area contributed by atoms with Gasteiger partial charge in [0.05, 0.1) is 32.2 Å². The topological polar surface area (TPSA) is 63.7 Å². The number of hydrogen-bond donors (Lipinski definition) is 1. The van der Waals surface area contributed by atoms with Gasteiger partial charge in [-0.15, -0.1) is 0 Å². The van der Waals surface area contributed by atoms with Gasteiger partial charge in [-0.25, -0.2) is 4.39 Å². The number of nitrogens with one attached hydrogen (secondary N) is 1. The summed E-state index contributed by atoms with van der Waals surface area (Å²) in [6.45, 7) is -0.0419. The van der Waals surface area contributed by atoms with Gasteiger partial charge in [0.1, 0.15) is 0 Å². The molecule has 3 rings (SSSR count). The minimum absolute atomic E-state index is 0.0112. The average Bonchev–Trinajstić information content (AvgIpc) is 3.20. The molecule has 29 heavy (non-hydrogen) atoms. The lowest BCUT2D eigenvalue weighted by molar-refractivity contribution is -0.317. The number of alkyl halides is 4. The Morgan fingerprint density at radius 2 is 2.07 bits per heavy atom. The second-order valence-electron chi connectivity index (χ2n) is 7.33. The fourth-order valence-electron chi connectivity index (χ4n) is 3.46. The molecule has 1 aliphatic carbocycles. The third-order valence-electron chi connectivity index (χ3n) is 5.24. The fraction of sp³-hybridized carbons (Fsp3) is 0.667. The minimum Gasteiger partial charge on any atom is -0.481 e. The van der Waals surface area contributed by atoms with Crippen LogP contribution in [-0.4, -0.2) is 61.0 Å². The molecule has 0 spiro atoms. The number of halogens is 5. The Balaban J connectivity index is 1.66. The molecule has 2 fully saturated rings. The van der Waals surface area contributed by atoms with Crippen molar-refractivity contribution in [3.05, 3.63) is 17.4 Å². The quantitative estimate of drug-likeness (QED) is 0.684. The summed E-state index contributed by atoms with van der Waals surface area (Å²) < 4.78 is 76.8. The Morgan fingerprint density at radius 1 is 1.34 bits per heavy atom. The van der Waals surface area contributed by atoms with Crippen molar-refractivity contribution in [1.29, 1.82) is 0 Å². The van der Waals surface area contributed by atoms with Crippen LogP contribution in [0.1, 0.15) is 24.8 Å². The highest BCUT2D eigenvalue weighted by Gasteiger charge is 2.71. The maximum atomic E-state index is 14.3. The highest BCUT2D eigenvalue weighted by Crippen LogP contribution is 2.55. The van der Waals surface area contributed by atoms with Crippen LogP contribution in [0.5, 0.6) is 11.8 Å². The lowest BCUT2D eigenvalue weighted by Crippen LogP contribution is -2.60. The molecule has 0 radical (unpaired) electrons. The second kappa shape index (κ2) is 7.92. The van der Waals surface area contributed by atoms with Gasteiger partial charge >= 0.3 is 11.8 Å². The van der Waals surface area contributed by atoms with Gasteiger partial charge in [0, 0.05) is 19.0 Å². The van der Waals surface area contributed by atoms with Crippen LogP contribution in [-0.2, 0) is 11.3 Å². The van der Waals surface area contributed by atoms with Gasteiger partial charge in [-0.05, 0) is 25.5 Å². The van der Waals surface area contributed by atoms with Crippen LogP contribution >= 0.6 is 0 Å². The van der Waals surface area contributed by atoms with E-state index in [4.69, 9.17) is 9.47 Å². The SMILES string of the molecule is COc1nc(OCC2CC(F)(F)C2(F)F)c(F)cc1CN(C)C(=O)[C@@H]1CCCN1. The zero-order chi connectivity index (χ0) is 21.4. The first-order valence-electron chi connectivity index (χ1n) is 9.17. The van der Waals surface area contributed by atoms with E-state index < -0.39 is 42.5 Å². The number of methoxy groups -OCH3 is 1. The first kappa shape index (κ1) is 21.5. The molecule has 1 aromatic rings. The standard InChI is InChI=1S/C18H22F5N3O3/c1-26(16(27)13-4-3-5-24-13)8-10-6-12(19)15(25-14(10)28-2)29-9-11-7-17(20,21)18(11,22)23/h6,11,13,24H,3-5,7-9H2,1-2H3/t11?,13-/m0/s1. The average molecular weight is 423 g/mol. The number of carbonyl (C=O) groups is 1. The van der Waals surface area contributed by atoms with Crippen molar-refractivity contribution in [2.24, 2.45) is 5.92 Å². The van der Waals surface area contributed by atoms with E-state index >= 15 is 0 Å². The Hall–Kier alpha value is -2.17. The molecule has 1 saturated carbocycles. The van der Waals surface area contributed by atoms with Gasteiger partial charge < -0.3 is 19.7 Å². The Bertz CT molecular complexity index is 771. The predicted molar refractivity (Wildman–Crippen MR) is 91.7 cm³/mol. The Kier molecular flexibility index (Phi) is 5.88. The van der Waals surface area contributed by atoms with Gasteiger partial charge in [0.15, 0.2) is 5.82 Å². The molecule has 2 heterocycles. The van der Waals surface area contributed by atoms with Crippen LogP contribution in [0.4, 0.5) is 22.0 Å². The summed E-state index contributed by atoms with van der Waals surface area (Å²) >= 11 is 0. The molecule has 1 N–H and O–H groups in total. The zero-order valence-corrected chi connectivity index (χ0v) is 16.0. The van der Waals surface area contributed by atoms with Crippen LogP contribution in [0.2, 0.25) is 0 Å². The largest absolute Gasteiger partial charge is 0.481 e. The molecular weight excluding hydrogens is 401 g/mol. The summed E-state index contributed by atoms with van der Waals surface area (Å²) in [5, 5.41) is 3.08. The number of ether oxygens (including phenoxy) is 2. The van der Waals surface area contributed by atoms with Gasteiger partial charge in [0.2, 0.25) is 11.8 Å². The van der Waals surface area contributed by atoms with Crippen LogP contribution < -0.4 is 14.8 Å². The third kappa shape index (κ3) is 4.10. The summed E-state index contributed by atoms with van der Waals surface area (Å²) in [4.78, 5) is 17.6. The number of hydrogen-bond acceptors (Lipinski definition) is 5. The van der Waals surface area contributed by atoms with Crippen molar-refractivity contribution in [3.63, 3.8) is 0 Å². The fourth-order valence-corrected chi connectivity index (χ4v) is 3.46. The van der Waals surface area contributed by atoms with Crippen LogP contribution in [0.25, 0.3) is 0 Å².